The van der Waals surface area contributed by atoms with Gasteiger partial charge in [-0.3, -0.25) is 0 Å². The van der Waals surface area contributed by atoms with Gasteiger partial charge < -0.3 is 5.11 Å². The molecule has 0 atom stereocenters. The average Bonchev–Trinajstić information content (AvgIpc) is 2.66. The van der Waals surface area contributed by atoms with Crippen LogP contribution < -0.4 is 0 Å². The van der Waals surface area contributed by atoms with E-state index in [0.29, 0.717) is 6.42 Å². The SMILES string of the molecule is CCCCCCCCCCCCC#CCCCCCCCC#CCCO. The molecule has 0 aliphatic carbocycles. The number of hydrogen-bond acceptors (Lipinski definition) is 1. The molecule has 0 spiro atoms. The Labute approximate surface area is 164 Å². The molecule has 0 aromatic heterocycles. The van der Waals surface area contributed by atoms with E-state index in [4.69, 9.17) is 5.11 Å². The topological polar surface area (TPSA) is 20.2 Å². The minimum atomic E-state index is 0.188. The van der Waals surface area contributed by atoms with Crippen molar-refractivity contribution < 1.29 is 5.11 Å². The largest absolute Gasteiger partial charge is 0.395 e. The van der Waals surface area contributed by atoms with Crippen molar-refractivity contribution in [2.45, 2.75) is 129 Å². The van der Waals surface area contributed by atoms with Gasteiger partial charge in [-0.2, -0.15) is 0 Å². The molecule has 150 valence electrons. The first-order chi connectivity index (χ1) is 12.9. The number of hydrogen-bond donors (Lipinski definition) is 1. The van der Waals surface area contributed by atoms with Gasteiger partial charge in [-0.25, -0.2) is 0 Å². The van der Waals surface area contributed by atoms with Crippen molar-refractivity contribution >= 4 is 0 Å². The monoisotopic (exact) mass is 360 g/mol. The second-order valence-corrected chi connectivity index (χ2v) is 7.38. The van der Waals surface area contributed by atoms with Crippen molar-refractivity contribution in [3.63, 3.8) is 0 Å². The molecule has 0 saturated heterocycles. The summed E-state index contributed by atoms with van der Waals surface area (Å²) in [4.78, 5) is 0. The van der Waals surface area contributed by atoms with Crippen molar-refractivity contribution in [1.29, 1.82) is 0 Å². The number of aliphatic hydroxyl groups excluding tert-OH is 1. The van der Waals surface area contributed by atoms with Gasteiger partial charge in [0, 0.05) is 25.7 Å². The van der Waals surface area contributed by atoms with Crippen LogP contribution in [0.3, 0.4) is 0 Å². The standard InChI is InChI=1S/C25H44O/c1-2-3-4-5-6-7-8-9-10-11-12-13-14-15-16-17-18-19-20-21-22-23-24-25-26/h26H,2-12,15-21,24-25H2,1H3. The molecular weight excluding hydrogens is 316 g/mol. The maximum atomic E-state index is 8.62. The Kier molecular flexibility index (Phi) is 23.2. The van der Waals surface area contributed by atoms with Crippen LogP contribution in [0, 0.1) is 23.7 Å². The molecule has 0 aliphatic rings. The summed E-state index contributed by atoms with van der Waals surface area (Å²) < 4.78 is 0. The Bertz CT molecular complexity index is 376. The average molecular weight is 361 g/mol. The van der Waals surface area contributed by atoms with Crippen molar-refractivity contribution in [1.82, 2.24) is 0 Å². The summed E-state index contributed by atoms with van der Waals surface area (Å²) in [6.07, 6.45) is 24.1. The molecule has 0 saturated carbocycles. The predicted molar refractivity (Wildman–Crippen MR) is 116 cm³/mol. The zero-order chi connectivity index (χ0) is 19.0. The zero-order valence-electron chi connectivity index (χ0n) is 17.6. The third kappa shape index (κ3) is 23.1. The number of unbranched alkanes of at least 4 members (excludes halogenated alkanes) is 16. The lowest BCUT2D eigenvalue weighted by Gasteiger charge is -2.00. The lowest BCUT2D eigenvalue weighted by Crippen LogP contribution is -1.81. The van der Waals surface area contributed by atoms with E-state index in [9.17, 15) is 0 Å². The van der Waals surface area contributed by atoms with Crippen LogP contribution in [0.5, 0.6) is 0 Å². The fourth-order valence-electron chi connectivity index (χ4n) is 3.07. The summed E-state index contributed by atoms with van der Waals surface area (Å²) in [5.41, 5.74) is 0. The third-order valence-corrected chi connectivity index (χ3v) is 4.75. The molecule has 1 N–H and O–H groups in total. The van der Waals surface area contributed by atoms with E-state index in [0.717, 1.165) is 19.3 Å². The Morgan fingerprint density at radius 2 is 0.731 bits per heavy atom. The summed E-state index contributed by atoms with van der Waals surface area (Å²) in [5, 5.41) is 8.62. The molecule has 0 heterocycles. The van der Waals surface area contributed by atoms with E-state index in [2.05, 4.69) is 30.6 Å². The fraction of sp³-hybridized carbons (Fsp3) is 0.840. The molecule has 0 aliphatic heterocycles. The molecule has 0 unspecified atom stereocenters. The highest BCUT2D eigenvalue weighted by Crippen LogP contribution is 2.11. The van der Waals surface area contributed by atoms with Crippen LogP contribution in [0.4, 0.5) is 0 Å². The fourth-order valence-corrected chi connectivity index (χ4v) is 3.07. The maximum Gasteiger partial charge on any atom is 0.0540 e. The molecule has 1 nitrogen and oxygen atoms in total. The Balaban J connectivity index is 3.14. The number of rotatable bonds is 17. The Hall–Kier alpha value is -0.920. The van der Waals surface area contributed by atoms with E-state index in [1.165, 1.54) is 96.3 Å². The van der Waals surface area contributed by atoms with Crippen LogP contribution in [0.15, 0.2) is 0 Å². The van der Waals surface area contributed by atoms with Gasteiger partial charge in [0.15, 0.2) is 0 Å². The lowest BCUT2D eigenvalue weighted by atomic mass is 10.1. The molecule has 0 rings (SSSR count). The van der Waals surface area contributed by atoms with E-state index in [1.54, 1.807) is 0 Å². The van der Waals surface area contributed by atoms with E-state index < -0.39 is 0 Å². The first kappa shape index (κ1) is 25.1. The highest BCUT2D eigenvalue weighted by molar-refractivity contribution is 4.99. The van der Waals surface area contributed by atoms with Gasteiger partial charge in [0.1, 0.15) is 0 Å². The van der Waals surface area contributed by atoms with Gasteiger partial charge in [-0.15, -0.1) is 23.7 Å². The van der Waals surface area contributed by atoms with Crippen molar-refractivity contribution in [2.75, 3.05) is 6.61 Å². The lowest BCUT2D eigenvalue weighted by molar-refractivity contribution is 0.305. The first-order valence-electron chi connectivity index (χ1n) is 11.4. The van der Waals surface area contributed by atoms with Crippen LogP contribution in [-0.4, -0.2) is 11.7 Å². The summed E-state index contributed by atoms with van der Waals surface area (Å²) >= 11 is 0. The molecular formula is C25H44O. The normalized spacial score (nSPS) is 10.1. The maximum absolute atomic E-state index is 8.62. The van der Waals surface area contributed by atoms with Crippen LogP contribution >= 0.6 is 0 Å². The van der Waals surface area contributed by atoms with Crippen LogP contribution in [0.2, 0.25) is 0 Å². The molecule has 26 heavy (non-hydrogen) atoms. The molecule has 0 amide bonds. The Morgan fingerprint density at radius 3 is 1.08 bits per heavy atom. The van der Waals surface area contributed by atoms with Crippen LogP contribution in [-0.2, 0) is 0 Å². The molecule has 0 aromatic carbocycles. The third-order valence-electron chi connectivity index (χ3n) is 4.75. The molecule has 0 radical (unpaired) electrons. The minimum Gasteiger partial charge on any atom is -0.395 e. The minimum absolute atomic E-state index is 0.188. The second-order valence-electron chi connectivity index (χ2n) is 7.38. The van der Waals surface area contributed by atoms with E-state index in [-0.39, 0.29) is 6.61 Å². The summed E-state index contributed by atoms with van der Waals surface area (Å²) in [6, 6.07) is 0. The van der Waals surface area contributed by atoms with E-state index >= 15 is 0 Å². The highest BCUT2D eigenvalue weighted by atomic mass is 16.2. The highest BCUT2D eigenvalue weighted by Gasteiger charge is 1.92. The van der Waals surface area contributed by atoms with Gasteiger partial charge in [0.2, 0.25) is 0 Å². The molecule has 0 aromatic rings. The molecule has 0 bridgehead atoms. The zero-order valence-corrected chi connectivity index (χ0v) is 17.6. The van der Waals surface area contributed by atoms with Gasteiger partial charge in [0.25, 0.3) is 0 Å². The van der Waals surface area contributed by atoms with Crippen molar-refractivity contribution in [3.05, 3.63) is 0 Å². The summed E-state index contributed by atoms with van der Waals surface area (Å²) in [5.74, 6) is 12.8. The molecule has 0 fully saturated rings. The van der Waals surface area contributed by atoms with Gasteiger partial charge >= 0.3 is 0 Å². The van der Waals surface area contributed by atoms with Gasteiger partial charge in [-0.1, -0.05) is 84.0 Å². The van der Waals surface area contributed by atoms with Crippen molar-refractivity contribution in [2.24, 2.45) is 0 Å². The second kappa shape index (κ2) is 24.1. The van der Waals surface area contributed by atoms with E-state index in [1.807, 2.05) is 0 Å². The Morgan fingerprint density at radius 1 is 0.423 bits per heavy atom. The van der Waals surface area contributed by atoms with Crippen LogP contribution in [0.25, 0.3) is 0 Å². The summed E-state index contributed by atoms with van der Waals surface area (Å²) in [6.45, 7) is 2.47. The van der Waals surface area contributed by atoms with Crippen LogP contribution in [0.1, 0.15) is 129 Å². The number of aliphatic hydroxyl groups is 1. The summed E-state index contributed by atoms with van der Waals surface area (Å²) in [7, 11) is 0. The first-order valence-corrected chi connectivity index (χ1v) is 11.4. The van der Waals surface area contributed by atoms with Crippen molar-refractivity contribution in [3.8, 4) is 23.7 Å². The quantitative estimate of drug-likeness (QED) is 0.211. The predicted octanol–water partition coefficient (Wildman–Crippen LogP) is 7.42. The van der Waals surface area contributed by atoms with Gasteiger partial charge in [0.05, 0.1) is 6.61 Å². The molecule has 1 heteroatoms. The smallest absolute Gasteiger partial charge is 0.0540 e. The van der Waals surface area contributed by atoms with Gasteiger partial charge in [-0.05, 0) is 19.3 Å².